The second-order valence-electron chi connectivity index (χ2n) is 20.2. The summed E-state index contributed by atoms with van der Waals surface area (Å²) in [6.07, 6.45) is 0. The van der Waals surface area contributed by atoms with Gasteiger partial charge in [-0.1, -0.05) is 143 Å². The van der Waals surface area contributed by atoms with Crippen LogP contribution in [0, 0.1) is 0 Å². The monoisotopic (exact) mass is 693 g/mol. The van der Waals surface area contributed by atoms with Crippen LogP contribution in [0.2, 0.25) is 0 Å². The van der Waals surface area contributed by atoms with E-state index in [-0.39, 0.29) is 50.5 Å². The molecular formula is C45H63N3O3. The molecule has 4 aromatic rings. The maximum Gasteiger partial charge on any atom is 0.331 e. The Labute approximate surface area is 308 Å². The van der Waals surface area contributed by atoms with Gasteiger partial charge in [-0.3, -0.25) is 0 Å². The average molecular weight is 694 g/mol. The number of aromatic nitrogens is 3. The first-order chi connectivity index (χ1) is 23.0. The van der Waals surface area contributed by atoms with Gasteiger partial charge in [-0.15, -0.1) is 15.0 Å². The number of rotatable bonds is 6. The predicted molar refractivity (Wildman–Crippen MR) is 212 cm³/mol. The molecule has 0 fully saturated rings. The van der Waals surface area contributed by atoms with Gasteiger partial charge >= 0.3 is 18.0 Å². The van der Waals surface area contributed by atoms with E-state index in [4.69, 9.17) is 29.2 Å². The zero-order valence-corrected chi connectivity index (χ0v) is 34.8. The molecule has 3 aromatic carbocycles. The van der Waals surface area contributed by atoms with Gasteiger partial charge in [0, 0.05) is 0 Å². The van der Waals surface area contributed by atoms with Gasteiger partial charge in [0.25, 0.3) is 0 Å². The van der Waals surface area contributed by atoms with Crippen LogP contribution in [0.25, 0.3) is 0 Å². The fraction of sp³-hybridized carbons (Fsp3) is 0.533. The van der Waals surface area contributed by atoms with Crippen molar-refractivity contribution in [2.45, 2.75) is 157 Å². The molecule has 276 valence electrons. The van der Waals surface area contributed by atoms with Gasteiger partial charge < -0.3 is 14.2 Å². The molecule has 0 saturated heterocycles. The molecule has 1 heterocycles. The number of hydrogen-bond acceptors (Lipinski definition) is 6. The molecule has 1 aromatic heterocycles. The summed E-state index contributed by atoms with van der Waals surface area (Å²) in [7, 11) is 0. The highest BCUT2D eigenvalue weighted by Gasteiger charge is 2.25. The normalized spacial score (nSPS) is 13.3. The molecule has 0 amide bonds. The molecule has 0 atom stereocenters. The van der Waals surface area contributed by atoms with Crippen LogP contribution < -0.4 is 14.2 Å². The Hall–Kier alpha value is -3.93. The molecule has 0 spiro atoms. The average Bonchev–Trinajstić information content (AvgIpc) is 2.94. The maximum atomic E-state index is 6.50. The molecule has 0 aliphatic carbocycles. The molecule has 0 unspecified atom stereocenters. The van der Waals surface area contributed by atoms with Crippen molar-refractivity contribution in [3.63, 3.8) is 0 Å². The highest BCUT2D eigenvalue weighted by Crippen LogP contribution is 2.38. The quantitative estimate of drug-likeness (QED) is 0.200. The fourth-order valence-corrected chi connectivity index (χ4v) is 5.35. The Morgan fingerprint density at radius 2 is 0.431 bits per heavy atom. The molecule has 0 N–H and O–H groups in total. The molecule has 6 nitrogen and oxygen atoms in total. The molecular weight excluding hydrogens is 631 g/mol. The van der Waals surface area contributed by atoms with Crippen molar-refractivity contribution in [3.8, 4) is 35.3 Å². The third kappa shape index (κ3) is 10.6. The van der Waals surface area contributed by atoms with E-state index in [1.54, 1.807) is 0 Å². The minimum atomic E-state index is -0.0906. The first kappa shape index (κ1) is 39.8. The number of ether oxygens (including phenoxy) is 3. The van der Waals surface area contributed by atoms with Crippen LogP contribution in [-0.4, -0.2) is 15.0 Å². The lowest BCUT2D eigenvalue weighted by molar-refractivity contribution is 0.359. The van der Waals surface area contributed by atoms with Crippen molar-refractivity contribution in [2.75, 3.05) is 0 Å². The Bertz CT molecular complexity index is 1540. The highest BCUT2D eigenvalue weighted by atomic mass is 16.5. The highest BCUT2D eigenvalue weighted by molar-refractivity contribution is 5.44. The lowest BCUT2D eigenvalue weighted by atomic mass is 9.80. The third-order valence-corrected chi connectivity index (χ3v) is 9.12. The lowest BCUT2D eigenvalue weighted by Crippen LogP contribution is -2.17. The third-order valence-electron chi connectivity index (χ3n) is 9.12. The molecule has 4 rings (SSSR count). The van der Waals surface area contributed by atoms with Gasteiger partial charge in [0.05, 0.1) is 0 Å². The number of hydrogen-bond donors (Lipinski definition) is 0. The summed E-state index contributed by atoms with van der Waals surface area (Å²) >= 11 is 0. The van der Waals surface area contributed by atoms with E-state index >= 15 is 0 Å². The SMILES string of the molecule is CC(C)(C)c1cc(Oc2nc(Oc3cc(C(C)(C)C)cc(C(C)(C)C)c3)nc(Oc3cc(C(C)(C)C)cc(C(C)(C)C)c3)n2)cc(C(C)(C)C)c1. The standard InChI is InChI=1S/C45H63N3O3/c1-40(2,3)28-19-29(41(4,5)6)23-34(22-28)49-37-46-38(50-35-24-30(42(7,8)9)20-31(25-35)43(10,11)12)48-39(47-37)51-36-26-32(44(13,14)15)21-33(27-36)45(16,17)18/h19-27H,1-18H3. The Balaban J connectivity index is 1.90. The van der Waals surface area contributed by atoms with Crippen molar-refractivity contribution in [1.29, 1.82) is 0 Å². The van der Waals surface area contributed by atoms with E-state index in [2.05, 4.69) is 179 Å². The summed E-state index contributed by atoms with van der Waals surface area (Å²) in [6.45, 7) is 39.7. The Morgan fingerprint density at radius 1 is 0.275 bits per heavy atom. The maximum absolute atomic E-state index is 6.50. The Kier molecular flexibility index (Phi) is 10.6. The molecule has 51 heavy (non-hydrogen) atoms. The van der Waals surface area contributed by atoms with Crippen LogP contribution in [0.1, 0.15) is 158 Å². The van der Waals surface area contributed by atoms with Crippen LogP contribution in [0.5, 0.6) is 35.3 Å². The summed E-state index contributed by atoms with van der Waals surface area (Å²) in [4.78, 5) is 14.1. The molecule has 0 saturated carbocycles. The molecule has 0 aliphatic heterocycles. The van der Waals surface area contributed by atoms with E-state index < -0.39 is 0 Å². The van der Waals surface area contributed by atoms with E-state index in [1.807, 2.05) is 0 Å². The number of nitrogens with zero attached hydrogens (tertiary/aromatic N) is 3. The van der Waals surface area contributed by atoms with Crippen LogP contribution in [-0.2, 0) is 32.5 Å². The van der Waals surface area contributed by atoms with E-state index in [9.17, 15) is 0 Å². The topological polar surface area (TPSA) is 66.4 Å². The smallest absolute Gasteiger partial charge is 0.331 e. The lowest BCUT2D eigenvalue weighted by Gasteiger charge is -2.26. The summed E-state index contributed by atoms with van der Waals surface area (Å²) < 4.78 is 19.5. The summed E-state index contributed by atoms with van der Waals surface area (Å²) in [5, 5.41) is 0. The second kappa shape index (κ2) is 13.6. The number of benzene rings is 3. The largest absolute Gasteiger partial charge is 0.424 e. The van der Waals surface area contributed by atoms with Crippen LogP contribution in [0.3, 0.4) is 0 Å². The minimum Gasteiger partial charge on any atom is -0.424 e. The fourth-order valence-electron chi connectivity index (χ4n) is 5.35. The van der Waals surface area contributed by atoms with Crippen LogP contribution >= 0.6 is 0 Å². The minimum absolute atomic E-state index is 0.0898. The van der Waals surface area contributed by atoms with Crippen LogP contribution in [0.15, 0.2) is 54.6 Å². The summed E-state index contributed by atoms with van der Waals surface area (Å²) in [5.41, 5.74) is 6.42. The Morgan fingerprint density at radius 3 is 0.569 bits per heavy atom. The van der Waals surface area contributed by atoms with Gasteiger partial charge in [0.15, 0.2) is 0 Å². The van der Waals surface area contributed by atoms with Crippen molar-refractivity contribution in [1.82, 2.24) is 15.0 Å². The van der Waals surface area contributed by atoms with E-state index in [0.717, 1.165) is 33.4 Å². The van der Waals surface area contributed by atoms with Gasteiger partial charge in [-0.05, 0) is 102 Å². The van der Waals surface area contributed by atoms with Crippen molar-refractivity contribution in [3.05, 3.63) is 88.0 Å². The molecule has 6 heteroatoms. The van der Waals surface area contributed by atoms with Gasteiger partial charge in [-0.25, -0.2) is 0 Å². The molecule has 0 aliphatic rings. The molecule has 0 bridgehead atoms. The van der Waals surface area contributed by atoms with Crippen LogP contribution in [0.4, 0.5) is 0 Å². The van der Waals surface area contributed by atoms with E-state index in [0.29, 0.717) is 17.2 Å². The van der Waals surface area contributed by atoms with Gasteiger partial charge in [0.2, 0.25) is 0 Å². The summed E-state index contributed by atoms with van der Waals surface area (Å²) in [5.74, 6) is 1.93. The van der Waals surface area contributed by atoms with Crippen molar-refractivity contribution < 1.29 is 14.2 Å². The van der Waals surface area contributed by atoms with Crippen molar-refractivity contribution in [2.24, 2.45) is 0 Å². The summed E-state index contributed by atoms with van der Waals surface area (Å²) in [6, 6.07) is 19.4. The van der Waals surface area contributed by atoms with Gasteiger partial charge in [-0.2, -0.15) is 0 Å². The second-order valence-corrected chi connectivity index (χ2v) is 20.2. The van der Waals surface area contributed by atoms with Gasteiger partial charge in [0.1, 0.15) is 17.2 Å². The first-order valence-electron chi connectivity index (χ1n) is 18.3. The first-order valence-corrected chi connectivity index (χ1v) is 18.3. The zero-order valence-electron chi connectivity index (χ0n) is 34.8. The zero-order chi connectivity index (χ0) is 38.5. The predicted octanol–water partition coefficient (Wildman–Crippen LogP) is 13.0. The molecule has 0 radical (unpaired) electrons. The van der Waals surface area contributed by atoms with Crippen molar-refractivity contribution >= 4 is 0 Å². The van der Waals surface area contributed by atoms with E-state index in [1.165, 1.54) is 0 Å².